The molecule has 1 aromatic heterocycles. The maximum atomic E-state index is 12.2. The van der Waals surface area contributed by atoms with Crippen LogP contribution in [0.1, 0.15) is 27.8 Å². The summed E-state index contributed by atoms with van der Waals surface area (Å²) in [4.78, 5) is 34.4. The monoisotopic (exact) mass is 365 g/mol. The molecule has 0 saturated heterocycles. The molecular formula is C19H15N3O5. The quantitative estimate of drug-likeness (QED) is 0.287. The lowest BCUT2D eigenvalue weighted by atomic mass is 10.1. The van der Waals surface area contributed by atoms with E-state index in [1.807, 2.05) is 6.07 Å². The Balaban J connectivity index is 2.24. The molecule has 2 aromatic carbocycles. The molecule has 0 radical (unpaired) electrons. The van der Waals surface area contributed by atoms with E-state index >= 15 is 0 Å². The van der Waals surface area contributed by atoms with Crippen LogP contribution in [0.3, 0.4) is 0 Å². The molecule has 1 heterocycles. The third kappa shape index (κ3) is 3.45. The fourth-order valence-electron chi connectivity index (χ4n) is 2.67. The summed E-state index contributed by atoms with van der Waals surface area (Å²) in [7, 11) is 0. The van der Waals surface area contributed by atoms with Crippen LogP contribution >= 0.6 is 0 Å². The number of aldehydes is 1. The average Bonchev–Trinajstić information content (AvgIpc) is 3.08. The zero-order valence-corrected chi connectivity index (χ0v) is 14.4. The molecule has 136 valence electrons. The number of hydrogen-bond donors (Lipinski definition) is 0. The highest BCUT2D eigenvalue weighted by Crippen LogP contribution is 2.30. The molecule has 0 saturated carbocycles. The van der Waals surface area contributed by atoms with Gasteiger partial charge in [-0.1, -0.05) is 18.2 Å². The van der Waals surface area contributed by atoms with Gasteiger partial charge in [0.2, 0.25) is 0 Å². The predicted molar refractivity (Wildman–Crippen MR) is 97.0 cm³/mol. The van der Waals surface area contributed by atoms with Crippen LogP contribution in [0.25, 0.3) is 16.9 Å². The molecule has 0 N–H and O–H groups in total. The summed E-state index contributed by atoms with van der Waals surface area (Å²) in [5, 5.41) is 15.2. The number of nitro benzene ring substituents is 1. The molecule has 27 heavy (non-hydrogen) atoms. The Hall–Kier alpha value is -3.81. The second kappa shape index (κ2) is 7.61. The molecule has 0 fully saturated rings. The van der Waals surface area contributed by atoms with Crippen LogP contribution in [0.5, 0.6) is 0 Å². The number of rotatable bonds is 6. The number of para-hydroxylation sites is 1. The van der Waals surface area contributed by atoms with E-state index in [1.54, 1.807) is 31.2 Å². The number of ether oxygens (including phenoxy) is 1. The van der Waals surface area contributed by atoms with E-state index in [1.165, 1.54) is 28.9 Å². The summed E-state index contributed by atoms with van der Waals surface area (Å²) in [5.41, 5.74) is 1.37. The summed E-state index contributed by atoms with van der Waals surface area (Å²) >= 11 is 0. The average molecular weight is 365 g/mol. The molecule has 0 atom stereocenters. The minimum atomic E-state index is -0.711. The first-order chi connectivity index (χ1) is 13.1. The Morgan fingerprint density at radius 1 is 1.19 bits per heavy atom. The van der Waals surface area contributed by atoms with Crippen molar-refractivity contribution in [3.05, 3.63) is 76.0 Å². The molecule has 3 rings (SSSR count). The first-order valence-corrected chi connectivity index (χ1v) is 8.12. The van der Waals surface area contributed by atoms with Crippen molar-refractivity contribution in [1.29, 1.82) is 0 Å². The van der Waals surface area contributed by atoms with Crippen molar-refractivity contribution in [2.45, 2.75) is 6.92 Å². The van der Waals surface area contributed by atoms with Crippen molar-refractivity contribution in [2.75, 3.05) is 6.61 Å². The van der Waals surface area contributed by atoms with Gasteiger partial charge in [0, 0.05) is 17.7 Å². The van der Waals surface area contributed by atoms with Crippen molar-refractivity contribution < 1.29 is 19.2 Å². The molecule has 0 bridgehead atoms. The number of carbonyl (C=O) groups excluding carboxylic acids is 2. The summed E-state index contributed by atoms with van der Waals surface area (Å²) in [6.07, 6.45) is 0.537. The Kier molecular flexibility index (Phi) is 5.07. The van der Waals surface area contributed by atoms with E-state index in [0.717, 1.165) is 0 Å². The number of benzene rings is 2. The predicted octanol–water partition coefficient (Wildman–Crippen LogP) is 3.44. The van der Waals surface area contributed by atoms with Crippen LogP contribution < -0.4 is 0 Å². The second-order valence-corrected chi connectivity index (χ2v) is 5.50. The number of hydrogen-bond acceptors (Lipinski definition) is 6. The van der Waals surface area contributed by atoms with E-state index in [-0.39, 0.29) is 23.6 Å². The van der Waals surface area contributed by atoms with Gasteiger partial charge < -0.3 is 4.74 Å². The fourth-order valence-corrected chi connectivity index (χ4v) is 2.67. The minimum Gasteiger partial charge on any atom is -0.461 e. The molecule has 0 aliphatic carbocycles. The third-order valence-electron chi connectivity index (χ3n) is 3.86. The maximum absolute atomic E-state index is 12.2. The third-order valence-corrected chi connectivity index (χ3v) is 3.86. The standard InChI is InChI=1S/C19H15N3O5/c1-2-27-19(24)17-16(12-23)18(13-8-10-15(11-9-13)22(25)26)21(20-17)14-6-4-3-5-7-14/h3-12H,2H2,1H3. The number of nitrogens with zero attached hydrogens (tertiary/aromatic N) is 3. The zero-order chi connectivity index (χ0) is 19.4. The van der Waals surface area contributed by atoms with Gasteiger partial charge in [0.1, 0.15) is 0 Å². The number of aromatic nitrogens is 2. The van der Waals surface area contributed by atoms with Crippen molar-refractivity contribution in [3.8, 4) is 16.9 Å². The van der Waals surface area contributed by atoms with E-state index in [9.17, 15) is 19.7 Å². The normalized spacial score (nSPS) is 10.4. The summed E-state index contributed by atoms with van der Waals surface area (Å²) in [6, 6.07) is 14.6. The summed E-state index contributed by atoms with van der Waals surface area (Å²) in [5.74, 6) is -0.711. The smallest absolute Gasteiger partial charge is 0.359 e. The van der Waals surface area contributed by atoms with Gasteiger partial charge in [-0.2, -0.15) is 5.10 Å². The van der Waals surface area contributed by atoms with Crippen molar-refractivity contribution >= 4 is 17.9 Å². The van der Waals surface area contributed by atoms with Gasteiger partial charge >= 0.3 is 5.97 Å². The Morgan fingerprint density at radius 3 is 2.41 bits per heavy atom. The Morgan fingerprint density at radius 2 is 1.85 bits per heavy atom. The van der Waals surface area contributed by atoms with Crippen molar-refractivity contribution in [3.63, 3.8) is 0 Å². The Labute approximate surface area is 154 Å². The number of non-ortho nitro benzene ring substituents is 1. The van der Waals surface area contributed by atoms with Crippen LogP contribution in [-0.4, -0.2) is 33.6 Å². The van der Waals surface area contributed by atoms with Crippen LogP contribution in [0.4, 0.5) is 5.69 Å². The van der Waals surface area contributed by atoms with Crippen LogP contribution in [0.15, 0.2) is 54.6 Å². The summed E-state index contributed by atoms with van der Waals surface area (Å²) in [6.45, 7) is 1.80. The van der Waals surface area contributed by atoms with Gasteiger partial charge in [-0.25, -0.2) is 9.48 Å². The molecular weight excluding hydrogens is 350 g/mol. The largest absolute Gasteiger partial charge is 0.461 e. The van der Waals surface area contributed by atoms with Crippen LogP contribution in [-0.2, 0) is 4.74 Å². The molecule has 8 heteroatoms. The van der Waals surface area contributed by atoms with Crippen LogP contribution in [0, 0.1) is 10.1 Å². The van der Waals surface area contributed by atoms with E-state index < -0.39 is 10.9 Å². The molecule has 0 aliphatic rings. The molecule has 0 unspecified atom stereocenters. The topological polar surface area (TPSA) is 104 Å². The number of carbonyl (C=O) groups is 2. The zero-order valence-electron chi connectivity index (χ0n) is 14.4. The van der Waals surface area contributed by atoms with Gasteiger partial charge in [-0.05, 0) is 31.2 Å². The van der Waals surface area contributed by atoms with Crippen LogP contribution in [0.2, 0.25) is 0 Å². The van der Waals surface area contributed by atoms with Gasteiger partial charge in [0.25, 0.3) is 5.69 Å². The first kappa shape index (κ1) is 18.0. The maximum Gasteiger partial charge on any atom is 0.359 e. The fraction of sp³-hybridized carbons (Fsp3) is 0.105. The lowest BCUT2D eigenvalue weighted by molar-refractivity contribution is -0.384. The van der Waals surface area contributed by atoms with Gasteiger partial charge in [-0.3, -0.25) is 14.9 Å². The first-order valence-electron chi connectivity index (χ1n) is 8.12. The van der Waals surface area contributed by atoms with E-state index in [4.69, 9.17) is 4.74 Å². The highest BCUT2D eigenvalue weighted by Gasteiger charge is 2.25. The number of nitro groups is 1. The van der Waals surface area contributed by atoms with E-state index in [0.29, 0.717) is 23.2 Å². The molecule has 0 spiro atoms. The van der Waals surface area contributed by atoms with Gasteiger partial charge in [0.05, 0.1) is 28.5 Å². The van der Waals surface area contributed by atoms with E-state index in [2.05, 4.69) is 5.10 Å². The molecule has 0 aliphatic heterocycles. The highest BCUT2D eigenvalue weighted by molar-refractivity contribution is 6.01. The van der Waals surface area contributed by atoms with Crippen molar-refractivity contribution in [1.82, 2.24) is 9.78 Å². The lowest BCUT2D eigenvalue weighted by Gasteiger charge is -2.08. The highest BCUT2D eigenvalue weighted by atomic mass is 16.6. The molecule has 3 aromatic rings. The van der Waals surface area contributed by atoms with Crippen molar-refractivity contribution in [2.24, 2.45) is 0 Å². The lowest BCUT2D eigenvalue weighted by Crippen LogP contribution is -2.08. The van der Waals surface area contributed by atoms with Gasteiger partial charge in [-0.15, -0.1) is 0 Å². The SMILES string of the molecule is CCOC(=O)c1nn(-c2ccccc2)c(-c2ccc([N+](=O)[O-])cc2)c1C=O. The molecule has 0 amide bonds. The second-order valence-electron chi connectivity index (χ2n) is 5.50. The van der Waals surface area contributed by atoms with Gasteiger partial charge in [0.15, 0.2) is 12.0 Å². The Bertz CT molecular complexity index is 994. The summed E-state index contributed by atoms with van der Waals surface area (Å²) < 4.78 is 6.45. The minimum absolute atomic E-state index is 0.0613. The molecule has 8 nitrogen and oxygen atoms in total. The number of esters is 1.